The van der Waals surface area contributed by atoms with Gasteiger partial charge < -0.3 is 25.0 Å². The predicted octanol–water partition coefficient (Wildman–Crippen LogP) is 3.09. The zero-order chi connectivity index (χ0) is 25.4. The Morgan fingerprint density at radius 2 is 2.00 bits per heavy atom. The van der Waals surface area contributed by atoms with Crippen LogP contribution in [0.5, 0.6) is 5.88 Å². The van der Waals surface area contributed by atoms with Gasteiger partial charge in [0.2, 0.25) is 11.8 Å². The molecule has 1 aliphatic carbocycles. The van der Waals surface area contributed by atoms with Crippen LogP contribution in [-0.4, -0.2) is 58.5 Å². The number of aliphatic hydroxyl groups is 2. The number of nitrogens with zero attached hydrogens (tertiary/aromatic N) is 5. The lowest BCUT2D eigenvalue weighted by Crippen LogP contribution is -2.36. The Bertz CT molecular complexity index is 1240. The third-order valence-electron chi connectivity index (χ3n) is 6.89. The number of rotatable bonds is 7. The van der Waals surface area contributed by atoms with Gasteiger partial charge in [-0.1, -0.05) is 0 Å². The smallest absolute Gasteiger partial charge is 0.269 e. The van der Waals surface area contributed by atoms with E-state index in [-0.39, 0.29) is 30.3 Å². The van der Waals surface area contributed by atoms with E-state index in [0.29, 0.717) is 36.4 Å². The number of non-ortho nitro benzene ring substituents is 1. The third-order valence-corrected chi connectivity index (χ3v) is 6.89. The number of aliphatic hydroxyl groups excluding tert-OH is 1. The van der Waals surface area contributed by atoms with Crippen molar-refractivity contribution in [3.63, 3.8) is 0 Å². The molecule has 5 rings (SSSR count). The predicted molar refractivity (Wildman–Crippen MR) is 129 cm³/mol. The molecule has 2 aromatic heterocycles. The van der Waals surface area contributed by atoms with E-state index in [9.17, 15) is 20.3 Å². The highest BCUT2D eigenvalue weighted by atomic mass is 16.6. The molecule has 36 heavy (non-hydrogen) atoms. The second kappa shape index (κ2) is 9.60. The number of ether oxygens (including phenoxy) is 2. The quantitative estimate of drug-likeness (QED) is 0.326. The zero-order valence-electron chi connectivity index (χ0n) is 20.2. The van der Waals surface area contributed by atoms with E-state index >= 15 is 0 Å². The van der Waals surface area contributed by atoms with Gasteiger partial charge in [0, 0.05) is 24.6 Å². The van der Waals surface area contributed by atoms with E-state index in [1.165, 1.54) is 18.5 Å². The topological polar surface area (TPSA) is 158 Å². The molecule has 12 nitrogen and oxygen atoms in total. The highest BCUT2D eigenvalue weighted by Crippen LogP contribution is 2.37. The fourth-order valence-corrected chi connectivity index (χ4v) is 4.84. The van der Waals surface area contributed by atoms with Crippen molar-refractivity contribution in [2.45, 2.75) is 82.6 Å². The van der Waals surface area contributed by atoms with E-state index in [0.717, 1.165) is 18.4 Å². The van der Waals surface area contributed by atoms with Gasteiger partial charge in [0.25, 0.3) is 5.69 Å². The summed E-state index contributed by atoms with van der Waals surface area (Å²) in [6.45, 7) is 3.90. The van der Waals surface area contributed by atoms with E-state index in [1.807, 2.05) is 13.8 Å². The summed E-state index contributed by atoms with van der Waals surface area (Å²) in [4.78, 5) is 23.9. The number of benzene rings is 1. The van der Waals surface area contributed by atoms with Crippen LogP contribution in [0.3, 0.4) is 0 Å². The number of anilines is 1. The molecule has 3 aromatic rings. The molecule has 3 heterocycles. The highest BCUT2D eigenvalue weighted by Gasteiger charge is 2.37. The van der Waals surface area contributed by atoms with E-state index in [4.69, 9.17) is 14.5 Å². The molecule has 3 N–H and O–H groups in total. The molecule has 1 saturated heterocycles. The monoisotopic (exact) mass is 498 g/mol. The molecule has 1 aliphatic heterocycles. The molecule has 0 bridgehead atoms. The number of hydrogen-bond donors (Lipinski definition) is 3. The Hall–Kier alpha value is -3.35. The van der Waals surface area contributed by atoms with Crippen LogP contribution in [0.1, 0.15) is 57.7 Å². The van der Waals surface area contributed by atoms with Gasteiger partial charge in [-0.25, -0.2) is 9.97 Å². The number of hydrogen-bond acceptors (Lipinski definition) is 10. The number of fused-ring (bicyclic) bond motifs is 1. The summed E-state index contributed by atoms with van der Waals surface area (Å²) in [5, 5.41) is 35.4. The standard InChI is InChI=1S/C24H30N6O6/c1-14-11-18(31)22(36-14)29-20-19(28-23(29)27-16-7-9-24(2,32)10-8-16)21(26-13-25-20)35-12-15-3-5-17(6-4-15)30(33)34/h3-6,13-14,16,18,22,31-32H,7-12H2,1-2H3,(H,27,28)/t14-,16?,18-,22-,24?/m1/s1. The Balaban J connectivity index is 1.44. The van der Waals surface area contributed by atoms with Gasteiger partial charge in [0.1, 0.15) is 19.0 Å². The maximum atomic E-state index is 10.9. The SMILES string of the molecule is C[C@@H]1C[C@@H](O)[C@H](n2c(NC3CCC(C)(O)CC3)nc3c(OCc4ccc([N+](=O)[O-])cc4)ncnc32)O1. The van der Waals surface area contributed by atoms with Crippen LogP contribution >= 0.6 is 0 Å². The lowest BCUT2D eigenvalue weighted by molar-refractivity contribution is -0.384. The number of nitro benzene ring substituents is 1. The minimum Gasteiger partial charge on any atom is -0.471 e. The molecule has 2 aliphatic rings. The summed E-state index contributed by atoms with van der Waals surface area (Å²) in [6.07, 6.45) is 3.23. The van der Waals surface area contributed by atoms with Gasteiger partial charge in [-0.05, 0) is 57.2 Å². The van der Waals surface area contributed by atoms with Crippen molar-refractivity contribution >= 4 is 22.8 Å². The molecule has 0 unspecified atom stereocenters. The van der Waals surface area contributed by atoms with Crippen molar-refractivity contribution in [2.24, 2.45) is 0 Å². The molecule has 12 heteroatoms. The van der Waals surface area contributed by atoms with Crippen molar-refractivity contribution in [1.29, 1.82) is 0 Å². The maximum absolute atomic E-state index is 10.9. The van der Waals surface area contributed by atoms with Crippen LogP contribution < -0.4 is 10.1 Å². The Kier molecular flexibility index (Phi) is 6.49. The molecule has 2 fully saturated rings. The summed E-state index contributed by atoms with van der Waals surface area (Å²) in [5.41, 5.74) is 0.962. The number of aromatic nitrogens is 4. The lowest BCUT2D eigenvalue weighted by atomic mass is 9.84. The minimum atomic E-state index is -0.732. The highest BCUT2D eigenvalue weighted by molar-refractivity contribution is 5.79. The normalized spacial score (nSPS) is 28.3. The lowest BCUT2D eigenvalue weighted by Gasteiger charge is -2.34. The maximum Gasteiger partial charge on any atom is 0.269 e. The number of nitro groups is 1. The van der Waals surface area contributed by atoms with Crippen molar-refractivity contribution in [3.05, 3.63) is 46.3 Å². The summed E-state index contributed by atoms with van der Waals surface area (Å²) in [6, 6.07) is 6.20. The van der Waals surface area contributed by atoms with Crippen LogP contribution in [0, 0.1) is 10.1 Å². The summed E-state index contributed by atoms with van der Waals surface area (Å²) >= 11 is 0. The summed E-state index contributed by atoms with van der Waals surface area (Å²) < 4.78 is 13.7. The molecule has 192 valence electrons. The van der Waals surface area contributed by atoms with Gasteiger partial charge in [-0.15, -0.1) is 0 Å². The zero-order valence-corrected chi connectivity index (χ0v) is 20.2. The molecule has 1 aromatic carbocycles. The van der Waals surface area contributed by atoms with E-state index in [2.05, 4.69) is 15.3 Å². The molecule has 1 saturated carbocycles. The summed E-state index contributed by atoms with van der Waals surface area (Å²) in [5.74, 6) is 0.752. The van der Waals surface area contributed by atoms with Crippen LogP contribution in [0.4, 0.5) is 11.6 Å². The average molecular weight is 499 g/mol. The molecule has 0 radical (unpaired) electrons. The first-order chi connectivity index (χ1) is 17.2. The van der Waals surface area contributed by atoms with Gasteiger partial charge in [0.15, 0.2) is 17.4 Å². The first-order valence-corrected chi connectivity index (χ1v) is 12.1. The minimum absolute atomic E-state index is 0.00575. The van der Waals surface area contributed by atoms with Gasteiger partial charge in [-0.3, -0.25) is 14.7 Å². The molecule has 3 atom stereocenters. The second-order valence-corrected chi connectivity index (χ2v) is 9.92. The molecular formula is C24H30N6O6. The van der Waals surface area contributed by atoms with Crippen LogP contribution in [0.25, 0.3) is 11.2 Å². The Morgan fingerprint density at radius 1 is 1.28 bits per heavy atom. The largest absolute Gasteiger partial charge is 0.471 e. The third kappa shape index (κ3) is 4.97. The van der Waals surface area contributed by atoms with E-state index < -0.39 is 22.9 Å². The number of nitrogens with one attached hydrogen (secondary N) is 1. The first-order valence-electron chi connectivity index (χ1n) is 12.1. The van der Waals surface area contributed by atoms with Crippen LogP contribution in [0.2, 0.25) is 0 Å². The second-order valence-electron chi connectivity index (χ2n) is 9.92. The molecular weight excluding hydrogens is 468 g/mol. The Morgan fingerprint density at radius 3 is 2.64 bits per heavy atom. The van der Waals surface area contributed by atoms with Crippen molar-refractivity contribution in [1.82, 2.24) is 19.5 Å². The van der Waals surface area contributed by atoms with Gasteiger partial charge in [-0.2, -0.15) is 4.98 Å². The van der Waals surface area contributed by atoms with Crippen molar-refractivity contribution in [2.75, 3.05) is 5.32 Å². The van der Waals surface area contributed by atoms with Crippen molar-refractivity contribution in [3.8, 4) is 5.88 Å². The summed E-state index contributed by atoms with van der Waals surface area (Å²) in [7, 11) is 0. The van der Waals surface area contributed by atoms with Crippen LogP contribution in [-0.2, 0) is 11.3 Å². The first kappa shape index (κ1) is 24.3. The fourth-order valence-electron chi connectivity index (χ4n) is 4.84. The average Bonchev–Trinajstić information content (AvgIpc) is 3.37. The van der Waals surface area contributed by atoms with E-state index in [1.54, 1.807) is 16.7 Å². The Labute approximate surface area is 207 Å². The van der Waals surface area contributed by atoms with Crippen molar-refractivity contribution < 1.29 is 24.6 Å². The number of imidazole rings is 1. The van der Waals surface area contributed by atoms with Gasteiger partial charge >= 0.3 is 0 Å². The molecule has 0 amide bonds. The van der Waals surface area contributed by atoms with Gasteiger partial charge in [0.05, 0.1) is 16.6 Å². The van der Waals surface area contributed by atoms with Crippen LogP contribution in [0.15, 0.2) is 30.6 Å². The molecule has 0 spiro atoms. The fraction of sp³-hybridized carbons (Fsp3) is 0.542.